The lowest BCUT2D eigenvalue weighted by Gasteiger charge is -2.09. The van der Waals surface area contributed by atoms with E-state index in [4.69, 9.17) is 5.11 Å². The van der Waals surface area contributed by atoms with Crippen molar-refractivity contribution >= 4 is 22.9 Å². The van der Waals surface area contributed by atoms with Gasteiger partial charge in [0.1, 0.15) is 11.9 Å². The molecule has 0 bridgehead atoms. The molecule has 0 unspecified atom stereocenters. The molecule has 0 spiro atoms. The van der Waals surface area contributed by atoms with Crippen molar-refractivity contribution in [1.29, 1.82) is 0 Å². The van der Waals surface area contributed by atoms with E-state index in [1.54, 1.807) is 0 Å². The fraction of sp³-hybridized carbons (Fsp3) is 0.308. The molecule has 1 aromatic carbocycles. The van der Waals surface area contributed by atoms with Crippen LogP contribution in [-0.2, 0) is 16.0 Å². The lowest BCUT2D eigenvalue weighted by Crippen LogP contribution is -2.39. The molecule has 2 aromatic rings. The van der Waals surface area contributed by atoms with Crippen molar-refractivity contribution in [2.45, 2.75) is 26.3 Å². The number of carbonyl (C=O) groups is 2. The summed E-state index contributed by atoms with van der Waals surface area (Å²) >= 11 is 0. The highest BCUT2D eigenvalue weighted by molar-refractivity contribution is 5.85. The number of aliphatic carboxylic acids is 1. The average Bonchev–Trinajstić information content (AvgIpc) is 2.68. The van der Waals surface area contributed by atoms with Gasteiger partial charge in [-0.05, 0) is 31.5 Å². The van der Waals surface area contributed by atoms with E-state index in [-0.39, 0.29) is 12.3 Å². The maximum absolute atomic E-state index is 11.7. The fourth-order valence-electron chi connectivity index (χ4n) is 1.83. The van der Waals surface area contributed by atoms with Crippen LogP contribution in [0.15, 0.2) is 18.2 Å². The van der Waals surface area contributed by atoms with Crippen molar-refractivity contribution in [3.8, 4) is 0 Å². The van der Waals surface area contributed by atoms with Crippen LogP contribution in [0.25, 0.3) is 11.0 Å². The average molecular weight is 261 g/mol. The van der Waals surface area contributed by atoms with Gasteiger partial charge in [0.2, 0.25) is 5.91 Å². The maximum atomic E-state index is 11.7. The summed E-state index contributed by atoms with van der Waals surface area (Å²) in [6.45, 7) is 3.29. The lowest BCUT2D eigenvalue weighted by molar-refractivity contribution is -0.141. The van der Waals surface area contributed by atoms with E-state index >= 15 is 0 Å². The van der Waals surface area contributed by atoms with Gasteiger partial charge in [0.15, 0.2) is 0 Å². The summed E-state index contributed by atoms with van der Waals surface area (Å²) in [7, 11) is 0. The summed E-state index contributed by atoms with van der Waals surface area (Å²) < 4.78 is 0. The van der Waals surface area contributed by atoms with Gasteiger partial charge in [-0.3, -0.25) is 9.59 Å². The molecule has 0 saturated carbocycles. The molecule has 1 atom stereocenters. The van der Waals surface area contributed by atoms with E-state index in [1.165, 1.54) is 6.92 Å². The molecule has 6 heteroatoms. The summed E-state index contributed by atoms with van der Waals surface area (Å²) in [4.78, 5) is 29.7. The number of nitrogens with one attached hydrogen (secondary N) is 2. The highest BCUT2D eigenvalue weighted by Crippen LogP contribution is 2.13. The number of rotatable bonds is 4. The second-order valence-corrected chi connectivity index (χ2v) is 4.48. The standard InChI is InChI=1S/C13H15N3O3/c1-7(13(18)19)14-12(17)6-9-3-4-10-11(5-9)16-8(2)15-10/h3-5,7H,6H2,1-2H3,(H,14,17)(H,15,16)(H,18,19)/t7-/m1/s1. The van der Waals surface area contributed by atoms with Crippen LogP contribution in [0.2, 0.25) is 0 Å². The minimum atomic E-state index is -1.05. The molecule has 1 heterocycles. The van der Waals surface area contributed by atoms with Gasteiger partial charge in [-0.2, -0.15) is 0 Å². The normalized spacial score (nSPS) is 12.3. The molecule has 6 nitrogen and oxygen atoms in total. The second kappa shape index (κ2) is 5.09. The molecule has 100 valence electrons. The van der Waals surface area contributed by atoms with Gasteiger partial charge in [-0.15, -0.1) is 0 Å². The van der Waals surface area contributed by atoms with Gasteiger partial charge in [-0.1, -0.05) is 6.07 Å². The van der Waals surface area contributed by atoms with Gasteiger partial charge in [-0.25, -0.2) is 4.98 Å². The summed E-state index contributed by atoms with van der Waals surface area (Å²) in [5.74, 6) is -0.547. The van der Waals surface area contributed by atoms with Crippen LogP contribution in [0.5, 0.6) is 0 Å². The van der Waals surface area contributed by atoms with Crippen LogP contribution in [0, 0.1) is 6.92 Å². The number of benzene rings is 1. The molecule has 0 aliphatic carbocycles. The number of aromatic nitrogens is 2. The molecule has 0 aliphatic rings. The first-order chi connectivity index (χ1) is 8.95. The Bertz CT molecular complexity index is 633. The van der Waals surface area contributed by atoms with Crippen molar-refractivity contribution in [3.63, 3.8) is 0 Å². The monoisotopic (exact) mass is 261 g/mol. The second-order valence-electron chi connectivity index (χ2n) is 4.48. The first-order valence-corrected chi connectivity index (χ1v) is 5.93. The van der Waals surface area contributed by atoms with Crippen LogP contribution in [0.1, 0.15) is 18.3 Å². The van der Waals surface area contributed by atoms with Crippen LogP contribution >= 0.6 is 0 Å². The van der Waals surface area contributed by atoms with Gasteiger partial charge in [0, 0.05) is 0 Å². The number of aromatic amines is 1. The lowest BCUT2D eigenvalue weighted by atomic mass is 10.1. The number of hydrogen-bond acceptors (Lipinski definition) is 3. The zero-order valence-electron chi connectivity index (χ0n) is 10.7. The molecule has 0 radical (unpaired) electrons. The first-order valence-electron chi connectivity index (χ1n) is 5.93. The molecule has 1 amide bonds. The van der Waals surface area contributed by atoms with Crippen LogP contribution in [0.4, 0.5) is 0 Å². The predicted octanol–water partition coefficient (Wildman–Crippen LogP) is 1.00. The van der Waals surface area contributed by atoms with E-state index in [0.29, 0.717) is 0 Å². The highest BCUT2D eigenvalue weighted by atomic mass is 16.4. The van der Waals surface area contributed by atoms with E-state index in [9.17, 15) is 9.59 Å². The van der Waals surface area contributed by atoms with Gasteiger partial charge < -0.3 is 15.4 Å². The van der Waals surface area contributed by atoms with Crippen LogP contribution in [-0.4, -0.2) is 33.0 Å². The van der Waals surface area contributed by atoms with E-state index in [1.807, 2.05) is 25.1 Å². The van der Waals surface area contributed by atoms with Crippen molar-refractivity contribution in [2.75, 3.05) is 0 Å². The van der Waals surface area contributed by atoms with E-state index in [0.717, 1.165) is 22.4 Å². The number of hydrogen-bond donors (Lipinski definition) is 3. The zero-order valence-corrected chi connectivity index (χ0v) is 10.7. The number of fused-ring (bicyclic) bond motifs is 1. The van der Waals surface area contributed by atoms with E-state index in [2.05, 4.69) is 15.3 Å². The van der Waals surface area contributed by atoms with Crippen molar-refractivity contribution in [3.05, 3.63) is 29.6 Å². The Morgan fingerprint density at radius 3 is 2.89 bits per heavy atom. The summed E-state index contributed by atoms with van der Waals surface area (Å²) in [5.41, 5.74) is 2.53. The fourth-order valence-corrected chi connectivity index (χ4v) is 1.83. The molecular formula is C13H15N3O3. The summed E-state index contributed by atoms with van der Waals surface area (Å²) in [6.07, 6.45) is 0.144. The predicted molar refractivity (Wildman–Crippen MR) is 69.8 cm³/mol. The van der Waals surface area contributed by atoms with Crippen LogP contribution < -0.4 is 5.32 Å². The number of imidazole rings is 1. The Balaban J connectivity index is 2.08. The number of amides is 1. The van der Waals surface area contributed by atoms with Gasteiger partial charge >= 0.3 is 5.97 Å². The number of carboxylic acid groups (broad SMARTS) is 1. The highest BCUT2D eigenvalue weighted by Gasteiger charge is 2.14. The molecule has 19 heavy (non-hydrogen) atoms. The summed E-state index contributed by atoms with van der Waals surface area (Å²) in [5, 5.41) is 11.1. The van der Waals surface area contributed by atoms with Crippen LogP contribution in [0.3, 0.4) is 0 Å². The molecular weight excluding hydrogens is 246 g/mol. The third-order valence-corrected chi connectivity index (χ3v) is 2.78. The van der Waals surface area contributed by atoms with Crippen molar-refractivity contribution in [2.24, 2.45) is 0 Å². The first kappa shape index (κ1) is 13.1. The Morgan fingerprint density at radius 2 is 2.21 bits per heavy atom. The molecule has 2 rings (SSSR count). The Kier molecular flexibility index (Phi) is 3.50. The maximum Gasteiger partial charge on any atom is 0.325 e. The molecule has 0 saturated heterocycles. The third-order valence-electron chi connectivity index (χ3n) is 2.78. The van der Waals surface area contributed by atoms with Crippen molar-refractivity contribution < 1.29 is 14.7 Å². The number of aryl methyl sites for hydroxylation is 1. The Labute approximate surface area is 109 Å². The number of nitrogens with zero attached hydrogens (tertiary/aromatic N) is 1. The molecule has 0 aliphatic heterocycles. The van der Waals surface area contributed by atoms with Crippen molar-refractivity contribution in [1.82, 2.24) is 15.3 Å². The zero-order chi connectivity index (χ0) is 14.0. The number of carbonyl (C=O) groups excluding carboxylic acids is 1. The number of H-pyrrole nitrogens is 1. The molecule has 3 N–H and O–H groups in total. The van der Waals surface area contributed by atoms with E-state index < -0.39 is 12.0 Å². The molecule has 0 fully saturated rings. The minimum Gasteiger partial charge on any atom is -0.480 e. The topological polar surface area (TPSA) is 95.1 Å². The summed E-state index contributed by atoms with van der Waals surface area (Å²) in [6, 6.07) is 4.61. The SMILES string of the molecule is Cc1nc2ccc(CC(=O)N[C@H](C)C(=O)O)cc2[nH]1. The van der Waals surface area contributed by atoms with Gasteiger partial charge in [0.05, 0.1) is 17.5 Å². The Morgan fingerprint density at radius 1 is 1.47 bits per heavy atom. The molecule has 1 aromatic heterocycles. The van der Waals surface area contributed by atoms with Gasteiger partial charge in [0.25, 0.3) is 0 Å². The third kappa shape index (κ3) is 3.09. The largest absolute Gasteiger partial charge is 0.480 e. The minimum absolute atomic E-state index is 0.144. The quantitative estimate of drug-likeness (QED) is 0.765. The number of carboxylic acids is 1. The Hall–Kier alpha value is -2.37. The smallest absolute Gasteiger partial charge is 0.325 e.